The molecule has 0 spiro atoms. The number of halogens is 2. The second-order valence-electron chi connectivity index (χ2n) is 3.54. The van der Waals surface area contributed by atoms with Crippen LogP contribution in [-0.4, -0.2) is 33.9 Å². The number of rotatable bonds is 5. The van der Waals surface area contributed by atoms with Gasteiger partial charge in [-0.1, -0.05) is 23.2 Å². The Morgan fingerprint density at radius 3 is 2.26 bits per heavy atom. The Hall–Kier alpha value is -1.86. The molecule has 19 heavy (non-hydrogen) atoms. The Labute approximate surface area is 117 Å². The van der Waals surface area contributed by atoms with Gasteiger partial charge < -0.3 is 16.2 Å². The number of carbonyl (C=O) groups excluding carboxylic acids is 2. The summed E-state index contributed by atoms with van der Waals surface area (Å²) < 4.78 is 0. The van der Waals surface area contributed by atoms with E-state index in [1.165, 1.54) is 12.1 Å². The van der Waals surface area contributed by atoms with E-state index >= 15 is 0 Å². The summed E-state index contributed by atoms with van der Waals surface area (Å²) in [7, 11) is 0. The number of amides is 2. The molecule has 1 aromatic heterocycles. The predicted molar refractivity (Wildman–Crippen MR) is 67.0 cm³/mol. The number of hydrogen-bond donors (Lipinski definition) is 3. The maximum atomic E-state index is 11.8. The minimum atomic E-state index is -1.42. The maximum absolute atomic E-state index is 11.8. The molecule has 0 bridgehead atoms. The van der Waals surface area contributed by atoms with Crippen LogP contribution in [0.25, 0.3) is 0 Å². The molecule has 0 saturated heterocycles. The number of nitrogens with two attached hydrogens (primary N) is 1. The average molecular weight is 306 g/mol. The summed E-state index contributed by atoms with van der Waals surface area (Å²) in [6.45, 7) is 0. The van der Waals surface area contributed by atoms with Gasteiger partial charge in [0, 0.05) is 5.56 Å². The largest absolute Gasteiger partial charge is 0.480 e. The average Bonchev–Trinajstić information content (AvgIpc) is 2.25. The zero-order valence-corrected chi connectivity index (χ0v) is 10.9. The van der Waals surface area contributed by atoms with Crippen LogP contribution in [0.4, 0.5) is 0 Å². The number of primary amides is 1. The highest BCUT2D eigenvalue weighted by molar-refractivity contribution is 6.33. The van der Waals surface area contributed by atoms with Crippen LogP contribution < -0.4 is 11.1 Å². The highest BCUT2D eigenvalue weighted by Gasteiger charge is 2.23. The van der Waals surface area contributed by atoms with Crippen molar-refractivity contribution < 1.29 is 19.5 Å². The first kappa shape index (κ1) is 15.2. The number of nitrogens with zero attached hydrogens (tertiary/aromatic N) is 1. The molecule has 0 aliphatic heterocycles. The topological polar surface area (TPSA) is 122 Å². The van der Waals surface area contributed by atoms with Gasteiger partial charge in [-0.25, -0.2) is 9.78 Å². The van der Waals surface area contributed by atoms with E-state index < -0.39 is 30.2 Å². The minimum absolute atomic E-state index is 0.0144. The molecule has 0 fully saturated rings. The lowest BCUT2D eigenvalue weighted by Gasteiger charge is -2.12. The van der Waals surface area contributed by atoms with Gasteiger partial charge in [0.25, 0.3) is 5.91 Å². The molecule has 1 aromatic rings. The first-order valence-electron chi connectivity index (χ1n) is 4.94. The first-order chi connectivity index (χ1) is 8.79. The van der Waals surface area contributed by atoms with Crippen molar-refractivity contribution in [3.8, 4) is 0 Å². The van der Waals surface area contributed by atoms with Gasteiger partial charge in [0.2, 0.25) is 5.91 Å². The molecule has 102 valence electrons. The molecule has 0 aromatic carbocycles. The molecule has 0 saturated carbocycles. The third kappa shape index (κ3) is 4.72. The summed E-state index contributed by atoms with van der Waals surface area (Å²) in [5, 5.41) is 10.9. The van der Waals surface area contributed by atoms with Gasteiger partial charge in [-0.15, -0.1) is 0 Å². The van der Waals surface area contributed by atoms with Crippen molar-refractivity contribution in [3.63, 3.8) is 0 Å². The van der Waals surface area contributed by atoms with Crippen LogP contribution in [0.5, 0.6) is 0 Å². The van der Waals surface area contributed by atoms with Crippen molar-refractivity contribution in [1.29, 1.82) is 0 Å². The molecule has 0 radical (unpaired) electrons. The lowest BCUT2D eigenvalue weighted by atomic mass is 10.1. The number of aliphatic carboxylic acids is 1. The van der Waals surface area contributed by atoms with E-state index in [1.54, 1.807) is 0 Å². The third-order valence-corrected chi connectivity index (χ3v) is 2.42. The number of hydrogen-bond acceptors (Lipinski definition) is 4. The van der Waals surface area contributed by atoms with Crippen molar-refractivity contribution in [2.45, 2.75) is 12.5 Å². The van der Waals surface area contributed by atoms with Crippen LogP contribution in [0.15, 0.2) is 12.1 Å². The van der Waals surface area contributed by atoms with Crippen LogP contribution in [0.3, 0.4) is 0 Å². The van der Waals surface area contributed by atoms with Crippen molar-refractivity contribution in [2.75, 3.05) is 0 Å². The predicted octanol–water partition coefficient (Wildman–Crippen LogP) is 0.447. The van der Waals surface area contributed by atoms with Gasteiger partial charge in [0.1, 0.15) is 16.3 Å². The van der Waals surface area contributed by atoms with Gasteiger partial charge >= 0.3 is 5.97 Å². The maximum Gasteiger partial charge on any atom is 0.326 e. The summed E-state index contributed by atoms with van der Waals surface area (Å²) in [5.74, 6) is -2.98. The molecule has 0 aliphatic carbocycles. The zero-order valence-electron chi connectivity index (χ0n) is 9.39. The normalized spacial score (nSPS) is 11.7. The van der Waals surface area contributed by atoms with Gasteiger partial charge in [0.05, 0.1) is 6.42 Å². The molecule has 2 amide bonds. The number of carboxylic acids is 1. The highest BCUT2D eigenvalue weighted by Crippen LogP contribution is 2.14. The number of nitrogens with one attached hydrogen (secondary N) is 1. The fourth-order valence-electron chi connectivity index (χ4n) is 1.24. The van der Waals surface area contributed by atoms with Crippen molar-refractivity contribution in [2.24, 2.45) is 5.73 Å². The summed E-state index contributed by atoms with van der Waals surface area (Å²) in [5.41, 5.74) is 4.92. The Bertz CT molecular complexity index is 515. The van der Waals surface area contributed by atoms with E-state index in [1.807, 2.05) is 0 Å². The molecule has 1 unspecified atom stereocenters. The van der Waals surface area contributed by atoms with E-state index in [9.17, 15) is 14.4 Å². The van der Waals surface area contributed by atoms with E-state index in [0.717, 1.165) is 0 Å². The van der Waals surface area contributed by atoms with E-state index in [2.05, 4.69) is 10.3 Å². The van der Waals surface area contributed by atoms with Crippen LogP contribution >= 0.6 is 23.2 Å². The summed E-state index contributed by atoms with van der Waals surface area (Å²) >= 11 is 11.2. The smallest absolute Gasteiger partial charge is 0.326 e. The SMILES string of the molecule is NC(=O)CC(NC(=O)c1cc(Cl)nc(Cl)c1)C(=O)O. The summed E-state index contributed by atoms with van der Waals surface area (Å²) in [6, 6.07) is 1.01. The van der Waals surface area contributed by atoms with Gasteiger partial charge in [0.15, 0.2) is 0 Å². The Morgan fingerprint density at radius 1 is 1.32 bits per heavy atom. The number of carbonyl (C=O) groups is 3. The molecule has 1 rings (SSSR count). The minimum Gasteiger partial charge on any atom is -0.480 e. The van der Waals surface area contributed by atoms with Crippen molar-refractivity contribution in [3.05, 3.63) is 28.0 Å². The van der Waals surface area contributed by atoms with Gasteiger partial charge in [-0.3, -0.25) is 9.59 Å². The van der Waals surface area contributed by atoms with E-state index in [4.69, 9.17) is 34.0 Å². The van der Waals surface area contributed by atoms with Crippen LogP contribution in [0, 0.1) is 0 Å². The van der Waals surface area contributed by atoms with Crippen molar-refractivity contribution >= 4 is 41.0 Å². The molecule has 9 heteroatoms. The number of pyridine rings is 1. The van der Waals surface area contributed by atoms with Crippen LogP contribution in [0.2, 0.25) is 10.3 Å². The molecular weight excluding hydrogens is 297 g/mol. The van der Waals surface area contributed by atoms with Crippen LogP contribution in [0.1, 0.15) is 16.8 Å². The summed E-state index contributed by atoms with van der Waals surface area (Å²) in [4.78, 5) is 37.0. The second-order valence-corrected chi connectivity index (χ2v) is 4.31. The number of carboxylic acid groups (broad SMARTS) is 1. The Morgan fingerprint density at radius 2 is 1.84 bits per heavy atom. The lowest BCUT2D eigenvalue weighted by molar-refractivity contribution is -0.140. The second kappa shape index (κ2) is 6.35. The molecule has 4 N–H and O–H groups in total. The number of aromatic nitrogens is 1. The fraction of sp³-hybridized carbons (Fsp3) is 0.200. The summed E-state index contributed by atoms with van der Waals surface area (Å²) in [6.07, 6.45) is -0.520. The zero-order chi connectivity index (χ0) is 14.6. The van der Waals surface area contributed by atoms with Crippen molar-refractivity contribution in [1.82, 2.24) is 10.3 Å². The first-order valence-corrected chi connectivity index (χ1v) is 5.70. The molecule has 1 atom stereocenters. The highest BCUT2D eigenvalue weighted by atomic mass is 35.5. The Kier molecular flexibility index (Phi) is 5.08. The fourth-order valence-corrected chi connectivity index (χ4v) is 1.70. The molecule has 0 aliphatic rings. The molecular formula is C10H9Cl2N3O4. The third-order valence-electron chi connectivity index (χ3n) is 2.03. The lowest BCUT2D eigenvalue weighted by Crippen LogP contribution is -2.43. The molecule has 7 nitrogen and oxygen atoms in total. The van der Waals surface area contributed by atoms with Gasteiger partial charge in [-0.2, -0.15) is 0 Å². The van der Waals surface area contributed by atoms with Crippen LogP contribution in [-0.2, 0) is 9.59 Å². The van der Waals surface area contributed by atoms with E-state index in [-0.39, 0.29) is 15.9 Å². The molecule has 1 heterocycles. The quantitative estimate of drug-likeness (QED) is 0.681. The standard InChI is InChI=1S/C10H9Cl2N3O4/c11-6-1-4(2-7(12)15-6)9(17)14-5(10(18)19)3-8(13)16/h1-2,5H,3H2,(H2,13,16)(H,14,17)(H,18,19). The van der Waals surface area contributed by atoms with E-state index in [0.29, 0.717) is 0 Å². The van der Waals surface area contributed by atoms with Gasteiger partial charge in [-0.05, 0) is 12.1 Å². The Balaban J connectivity index is 2.87. The monoisotopic (exact) mass is 305 g/mol.